The van der Waals surface area contributed by atoms with E-state index in [0.717, 1.165) is 16.7 Å². The Morgan fingerprint density at radius 1 is 1.11 bits per heavy atom. The number of ketones is 1. The Labute approximate surface area is 110 Å². The van der Waals surface area contributed by atoms with Crippen LogP contribution in [0.1, 0.15) is 37.8 Å². The van der Waals surface area contributed by atoms with Crippen molar-refractivity contribution in [2.24, 2.45) is 0 Å². The molecule has 4 heteroatoms. The number of Topliss-reactive ketones (excluding diaryl/α,β-unsaturated/α-hetero) is 1. The summed E-state index contributed by atoms with van der Waals surface area (Å²) >= 11 is 0. The summed E-state index contributed by atoms with van der Waals surface area (Å²) in [6.07, 6.45) is 0.208. The Morgan fingerprint density at radius 2 is 1.79 bits per heavy atom. The van der Waals surface area contributed by atoms with E-state index in [1.807, 2.05) is 32.0 Å². The topological polar surface area (TPSA) is 67.5 Å². The molecule has 0 aliphatic carbocycles. The third-order valence-electron chi connectivity index (χ3n) is 2.95. The standard InChI is InChI=1S/C15H14O4/c1-9-3-4-10(2)11(7-9)8-12(16)13-5-6-14(19-13)15(17)18/h3-7H,8H2,1-2H3,(H,17,18). The lowest BCUT2D eigenvalue weighted by molar-refractivity contribution is 0.0660. The predicted molar refractivity (Wildman–Crippen MR) is 69.6 cm³/mol. The molecule has 0 amide bonds. The van der Waals surface area contributed by atoms with Gasteiger partial charge in [0.1, 0.15) is 0 Å². The SMILES string of the molecule is Cc1ccc(C)c(CC(=O)c2ccc(C(=O)O)o2)c1. The van der Waals surface area contributed by atoms with Crippen molar-refractivity contribution in [3.8, 4) is 0 Å². The number of furan rings is 1. The molecule has 19 heavy (non-hydrogen) atoms. The fourth-order valence-electron chi connectivity index (χ4n) is 1.85. The minimum absolute atomic E-state index is 0.0818. The fourth-order valence-corrected chi connectivity index (χ4v) is 1.85. The molecule has 0 bridgehead atoms. The second-order valence-electron chi connectivity index (χ2n) is 4.50. The highest BCUT2D eigenvalue weighted by Crippen LogP contribution is 2.15. The number of benzene rings is 1. The van der Waals surface area contributed by atoms with E-state index < -0.39 is 5.97 Å². The van der Waals surface area contributed by atoms with Crippen molar-refractivity contribution in [1.29, 1.82) is 0 Å². The quantitative estimate of drug-likeness (QED) is 0.856. The smallest absolute Gasteiger partial charge is 0.371 e. The van der Waals surface area contributed by atoms with Crippen molar-refractivity contribution >= 4 is 11.8 Å². The number of hydrogen-bond donors (Lipinski definition) is 1. The third kappa shape index (κ3) is 2.91. The highest BCUT2D eigenvalue weighted by atomic mass is 16.4. The van der Waals surface area contributed by atoms with E-state index in [0.29, 0.717) is 0 Å². The summed E-state index contributed by atoms with van der Waals surface area (Å²) in [5, 5.41) is 8.75. The van der Waals surface area contributed by atoms with Crippen LogP contribution in [0.25, 0.3) is 0 Å². The Hall–Kier alpha value is -2.36. The molecule has 0 unspecified atom stereocenters. The van der Waals surface area contributed by atoms with Crippen LogP contribution in [0.4, 0.5) is 0 Å². The maximum Gasteiger partial charge on any atom is 0.371 e. The first-order valence-corrected chi connectivity index (χ1v) is 5.90. The molecule has 0 atom stereocenters. The van der Waals surface area contributed by atoms with E-state index in [-0.39, 0.29) is 23.7 Å². The zero-order valence-corrected chi connectivity index (χ0v) is 10.8. The van der Waals surface area contributed by atoms with Crippen LogP contribution in [0, 0.1) is 13.8 Å². The number of aryl methyl sites for hydroxylation is 2. The Kier molecular flexibility index (Phi) is 3.51. The summed E-state index contributed by atoms with van der Waals surface area (Å²) in [6.45, 7) is 3.90. The molecule has 1 heterocycles. The van der Waals surface area contributed by atoms with Crippen LogP contribution in [0.3, 0.4) is 0 Å². The van der Waals surface area contributed by atoms with Gasteiger partial charge in [-0.1, -0.05) is 23.8 Å². The summed E-state index contributed by atoms with van der Waals surface area (Å²) in [4.78, 5) is 22.7. The monoisotopic (exact) mass is 258 g/mol. The van der Waals surface area contributed by atoms with Crippen LogP contribution in [0.5, 0.6) is 0 Å². The van der Waals surface area contributed by atoms with Gasteiger partial charge in [-0.2, -0.15) is 0 Å². The molecular formula is C15H14O4. The van der Waals surface area contributed by atoms with Crippen LogP contribution in [-0.4, -0.2) is 16.9 Å². The molecule has 0 aliphatic rings. The van der Waals surface area contributed by atoms with Crippen molar-refractivity contribution in [3.05, 3.63) is 58.5 Å². The molecule has 1 aromatic heterocycles. The summed E-state index contributed by atoms with van der Waals surface area (Å²) < 4.78 is 5.00. The number of carbonyl (C=O) groups is 2. The van der Waals surface area contributed by atoms with Gasteiger partial charge < -0.3 is 9.52 Å². The van der Waals surface area contributed by atoms with Crippen LogP contribution in [0.2, 0.25) is 0 Å². The van der Waals surface area contributed by atoms with Gasteiger partial charge >= 0.3 is 5.97 Å². The van der Waals surface area contributed by atoms with E-state index in [1.54, 1.807) is 0 Å². The number of carbonyl (C=O) groups excluding carboxylic acids is 1. The van der Waals surface area contributed by atoms with Crippen molar-refractivity contribution in [3.63, 3.8) is 0 Å². The lowest BCUT2D eigenvalue weighted by atomic mass is 10.0. The van der Waals surface area contributed by atoms with Crippen LogP contribution in [0.15, 0.2) is 34.7 Å². The van der Waals surface area contributed by atoms with Crippen molar-refractivity contribution in [2.75, 3.05) is 0 Å². The lowest BCUT2D eigenvalue weighted by Gasteiger charge is -2.05. The highest BCUT2D eigenvalue weighted by Gasteiger charge is 2.16. The Bertz CT molecular complexity index is 637. The van der Waals surface area contributed by atoms with Gasteiger partial charge in [0, 0.05) is 6.42 Å². The molecule has 0 fully saturated rings. The van der Waals surface area contributed by atoms with E-state index >= 15 is 0 Å². The van der Waals surface area contributed by atoms with Gasteiger partial charge in [-0.3, -0.25) is 4.79 Å². The van der Waals surface area contributed by atoms with Gasteiger partial charge in [0.2, 0.25) is 11.5 Å². The maximum atomic E-state index is 12.0. The van der Waals surface area contributed by atoms with Gasteiger partial charge in [-0.15, -0.1) is 0 Å². The summed E-state index contributed by atoms with van der Waals surface area (Å²) in [7, 11) is 0. The van der Waals surface area contributed by atoms with Crippen LogP contribution in [-0.2, 0) is 6.42 Å². The first-order valence-electron chi connectivity index (χ1n) is 5.90. The lowest BCUT2D eigenvalue weighted by Crippen LogP contribution is -2.04. The predicted octanol–water partition coefficient (Wildman–Crippen LogP) is 3.02. The third-order valence-corrected chi connectivity index (χ3v) is 2.95. The molecule has 0 spiro atoms. The van der Waals surface area contributed by atoms with E-state index in [9.17, 15) is 9.59 Å². The fraction of sp³-hybridized carbons (Fsp3) is 0.200. The molecule has 0 saturated heterocycles. The Balaban J connectivity index is 2.20. The second-order valence-corrected chi connectivity index (χ2v) is 4.50. The molecule has 4 nitrogen and oxygen atoms in total. The highest BCUT2D eigenvalue weighted by molar-refractivity contribution is 5.96. The maximum absolute atomic E-state index is 12.0. The van der Waals surface area contributed by atoms with E-state index in [1.165, 1.54) is 12.1 Å². The molecule has 2 aromatic rings. The number of carboxylic acid groups (broad SMARTS) is 1. The largest absolute Gasteiger partial charge is 0.475 e. The molecular weight excluding hydrogens is 244 g/mol. The average molecular weight is 258 g/mol. The van der Waals surface area contributed by atoms with Gasteiger partial charge in [0.15, 0.2) is 5.76 Å². The molecule has 2 rings (SSSR count). The second kappa shape index (κ2) is 5.10. The van der Waals surface area contributed by atoms with Crippen molar-refractivity contribution < 1.29 is 19.1 Å². The molecule has 1 N–H and O–H groups in total. The summed E-state index contributed by atoms with van der Waals surface area (Å²) in [6, 6.07) is 8.59. The average Bonchev–Trinajstić information content (AvgIpc) is 2.83. The summed E-state index contributed by atoms with van der Waals surface area (Å²) in [5.74, 6) is -1.53. The van der Waals surface area contributed by atoms with E-state index in [2.05, 4.69) is 0 Å². The first kappa shape index (κ1) is 13.1. The zero-order valence-electron chi connectivity index (χ0n) is 10.8. The minimum Gasteiger partial charge on any atom is -0.475 e. The summed E-state index contributed by atoms with van der Waals surface area (Å²) in [5.41, 5.74) is 3.04. The van der Waals surface area contributed by atoms with Crippen LogP contribution >= 0.6 is 0 Å². The van der Waals surface area contributed by atoms with Crippen LogP contribution < -0.4 is 0 Å². The van der Waals surface area contributed by atoms with Gasteiger partial charge in [0.05, 0.1) is 0 Å². The van der Waals surface area contributed by atoms with Crippen molar-refractivity contribution in [2.45, 2.75) is 20.3 Å². The van der Waals surface area contributed by atoms with E-state index in [4.69, 9.17) is 9.52 Å². The molecule has 0 radical (unpaired) electrons. The number of aromatic carboxylic acids is 1. The van der Waals surface area contributed by atoms with Gasteiger partial charge in [0.25, 0.3) is 0 Å². The van der Waals surface area contributed by atoms with Gasteiger partial charge in [-0.25, -0.2) is 4.79 Å². The molecule has 98 valence electrons. The minimum atomic E-state index is -1.18. The molecule has 0 saturated carbocycles. The molecule has 0 aliphatic heterocycles. The normalized spacial score (nSPS) is 10.4. The zero-order chi connectivity index (χ0) is 14.0. The number of carboxylic acids is 1. The van der Waals surface area contributed by atoms with Crippen molar-refractivity contribution in [1.82, 2.24) is 0 Å². The molecule has 1 aromatic carbocycles. The first-order chi connectivity index (χ1) is 8.97. The Morgan fingerprint density at radius 3 is 2.42 bits per heavy atom. The van der Waals surface area contributed by atoms with Gasteiger partial charge in [-0.05, 0) is 37.1 Å². The number of rotatable bonds is 4. The number of hydrogen-bond acceptors (Lipinski definition) is 3.